The summed E-state index contributed by atoms with van der Waals surface area (Å²) in [4.78, 5) is 15.5. The van der Waals surface area contributed by atoms with E-state index in [4.69, 9.17) is 0 Å². The van der Waals surface area contributed by atoms with E-state index in [1.54, 1.807) is 11.3 Å². The van der Waals surface area contributed by atoms with Gasteiger partial charge in [-0.3, -0.25) is 14.8 Å². The van der Waals surface area contributed by atoms with Crippen molar-refractivity contribution < 1.29 is 4.79 Å². The molecule has 0 aliphatic carbocycles. The number of amides is 1. The number of hydrogen-bond donors (Lipinski definition) is 2. The van der Waals surface area contributed by atoms with Crippen LogP contribution in [0.4, 0.5) is 0 Å². The Bertz CT molecular complexity index is 607. The van der Waals surface area contributed by atoms with Crippen LogP contribution in [-0.2, 0) is 11.3 Å². The number of aromatic amines is 1. The molecule has 2 aromatic heterocycles. The number of H-pyrrole nitrogens is 1. The van der Waals surface area contributed by atoms with Gasteiger partial charge in [0.15, 0.2) is 0 Å². The number of aryl methyl sites for hydroxylation is 1. The van der Waals surface area contributed by atoms with Crippen LogP contribution in [0.3, 0.4) is 0 Å². The molecule has 1 amide bonds. The number of hydrogen-bond acceptors (Lipinski definition) is 4. The summed E-state index contributed by atoms with van der Waals surface area (Å²) in [6.07, 6.45) is 2.27. The van der Waals surface area contributed by atoms with E-state index in [0.29, 0.717) is 19.0 Å². The van der Waals surface area contributed by atoms with Crippen LogP contribution in [0.15, 0.2) is 23.6 Å². The summed E-state index contributed by atoms with van der Waals surface area (Å²) >= 11 is 1.67. The zero-order chi connectivity index (χ0) is 15.4. The van der Waals surface area contributed by atoms with Crippen LogP contribution in [0.25, 0.3) is 0 Å². The highest BCUT2D eigenvalue weighted by Gasteiger charge is 2.24. The topological polar surface area (TPSA) is 61.0 Å². The van der Waals surface area contributed by atoms with Crippen molar-refractivity contribution >= 4 is 17.2 Å². The normalized spacial score (nSPS) is 19.2. The lowest BCUT2D eigenvalue weighted by atomic mass is 9.94. The molecule has 118 valence electrons. The number of nitrogens with one attached hydrogen (secondary N) is 2. The lowest BCUT2D eigenvalue weighted by molar-refractivity contribution is -0.122. The molecule has 1 atom stereocenters. The van der Waals surface area contributed by atoms with Crippen LogP contribution in [0.5, 0.6) is 0 Å². The minimum Gasteiger partial charge on any atom is -0.350 e. The van der Waals surface area contributed by atoms with Crippen molar-refractivity contribution in [2.75, 3.05) is 19.6 Å². The average molecular weight is 318 g/mol. The highest BCUT2D eigenvalue weighted by atomic mass is 32.1. The standard InChI is InChI=1S/C16H22N4OS/c1-12-8-15(19-18-12)13-4-2-6-20(10-13)11-16(21)17-9-14-5-3-7-22-14/h3,5,7-8,13H,2,4,6,9-11H2,1H3,(H,17,21)(H,18,19)/t13-/m1/s1. The van der Waals surface area contributed by atoms with Gasteiger partial charge in [0.25, 0.3) is 0 Å². The van der Waals surface area contributed by atoms with Gasteiger partial charge in [0.2, 0.25) is 5.91 Å². The Morgan fingerprint density at radius 2 is 2.50 bits per heavy atom. The second-order valence-electron chi connectivity index (χ2n) is 5.91. The third-order valence-corrected chi connectivity index (χ3v) is 4.93. The van der Waals surface area contributed by atoms with Crippen LogP contribution in [0.2, 0.25) is 0 Å². The molecule has 0 aromatic carbocycles. The molecule has 1 fully saturated rings. The molecular weight excluding hydrogens is 296 g/mol. The zero-order valence-electron chi connectivity index (χ0n) is 12.8. The highest BCUT2D eigenvalue weighted by Crippen LogP contribution is 2.25. The van der Waals surface area contributed by atoms with Crippen LogP contribution in [-0.4, -0.2) is 40.6 Å². The van der Waals surface area contributed by atoms with Gasteiger partial charge < -0.3 is 5.32 Å². The molecule has 2 N–H and O–H groups in total. The van der Waals surface area contributed by atoms with Gasteiger partial charge in [-0.2, -0.15) is 5.10 Å². The number of rotatable bonds is 5. The fourth-order valence-electron chi connectivity index (χ4n) is 2.95. The first-order valence-electron chi connectivity index (χ1n) is 7.74. The van der Waals surface area contributed by atoms with Crippen molar-refractivity contribution in [3.05, 3.63) is 39.8 Å². The predicted molar refractivity (Wildman–Crippen MR) is 87.9 cm³/mol. The maximum atomic E-state index is 12.1. The van der Waals surface area contributed by atoms with Gasteiger partial charge in [0, 0.05) is 23.0 Å². The summed E-state index contributed by atoms with van der Waals surface area (Å²) in [5, 5.41) is 12.4. The van der Waals surface area contributed by atoms with E-state index in [1.807, 2.05) is 24.4 Å². The Morgan fingerprint density at radius 1 is 1.59 bits per heavy atom. The average Bonchev–Trinajstić information content (AvgIpc) is 3.17. The summed E-state index contributed by atoms with van der Waals surface area (Å²) in [7, 11) is 0. The van der Waals surface area contributed by atoms with Gasteiger partial charge >= 0.3 is 0 Å². The van der Waals surface area contributed by atoms with E-state index in [1.165, 1.54) is 4.88 Å². The molecule has 0 saturated carbocycles. The van der Waals surface area contributed by atoms with Crippen molar-refractivity contribution in [1.82, 2.24) is 20.4 Å². The third-order valence-electron chi connectivity index (χ3n) is 4.06. The lowest BCUT2D eigenvalue weighted by Gasteiger charge is -2.31. The highest BCUT2D eigenvalue weighted by molar-refractivity contribution is 7.09. The molecule has 1 aliphatic rings. The Morgan fingerprint density at radius 3 is 3.23 bits per heavy atom. The van der Waals surface area contributed by atoms with E-state index in [9.17, 15) is 4.79 Å². The van der Waals surface area contributed by atoms with Crippen LogP contribution in [0.1, 0.15) is 35.0 Å². The second-order valence-corrected chi connectivity index (χ2v) is 6.94. The molecule has 0 bridgehead atoms. The molecule has 6 heteroatoms. The summed E-state index contributed by atoms with van der Waals surface area (Å²) in [5.41, 5.74) is 2.22. The number of piperidine rings is 1. The van der Waals surface area contributed by atoms with Crippen molar-refractivity contribution in [3.63, 3.8) is 0 Å². The van der Waals surface area contributed by atoms with E-state index in [-0.39, 0.29) is 5.91 Å². The van der Waals surface area contributed by atoms with E-state index in [0.717, 1.165) is 37.3 Å². The van der Waals surface area contributed by atoms with Gasteiger partial charge in [0.05, 0.1) is 18.8 Å². The van der Waals surface area contributed by atoms with Crippen molar-refractivity contribution in [1.29, 1.82) is 0 Å². The van der Waals surface area contributed by atoms with Gasteiger partial charge in [-0.05, 0) is 43.8 Å². The molecule has 0 unspecified atom stereocenters. The quantitative estimate of drug-likeness (QED) is 0.889. The number of nitrogens with zero attached hydrogens (tertiary/aromatic N) is 2. The van der Waals surface area contributed by atoms with E-state index >= 15 is 0 Å². The first-order valence-corrected chi connectivity index (χ1v) is 8.62. The number of likely N-dealkylation sites (tertiary alicyclic amines) is 1. The Hall–Kier alpha value is -1.66. The minimum atomic E-state index is 0.104. The van der Waals surface area contributed by atoms with Crippen molar-refractivity contribution in [3.8, 4) is 0 Å². The van der Waals surface area contributed by atoms with Crippen LogP contribution in [0, 0.1) is 6.92 Å². The SMILES string of the molecule is Cc1cc([C@@H]2CCCN(CC(=O)NCc3cccs3)C2)n[nH]1. The number of thiophene rings is 1. The Kier molecular flexibility index (Phi) is 4.90. The Balaban J connectivity index is 1.48. The molecule has 0 spiro atoms. The van der Waals surface area contributed by atoms with Crippen LogP contribution < -0.4 is 5.32 Å². The van der Waals surface area contributed by atoms with Gasteiger partial charge in [0.1, 0.15) is 0 Å². The summed E-state index contributed by atoms with van der Waals surface area (Å²) in [5.74, 6) is 0.538. The first kappa shape index (κ1) is 15.2. The molecule has 0 radical (unpaired) electrons. The molecular formula is C16H22N4OS. The minimum absolute atomic E-state index is 0.104. The molecule has 3 heterocycles. The molecule has 2 aromatic rings. The second kappa shape index (κ2) is 7.07. The third kappa shape index (κ3) is 3.96. The molecule has 3 rings (SSSR count). The number of carbonyl (C=O) groups is 1. The van der Waals surface area contributed by atoms with Crippen LogP contribution >= 0.6 is 11.3 Å². The van der Waals surface area contributed by atoms with Crippen molar-refractivity contribution in [2.24, 2.45) is 0 Å². The fourth-order valence-corrected chi connectivity index (χ4v) is 3.59. The van der Waals surface area contributed by atoms with E-state index in [2.05, 4.69) is 26.5 Å². The molecule has 22 heavy (non-hydrogen) atoms. The summed E-state index contributed by atoms with van der Waals surface area (Å²) in [6, 6.07) is 6.17. The Labute approximate surface area is 134 Å². The smallest absolute Gasteiger partial charge is 0.234 e. The zero-order valence-corrected chi connectivity index (χ0v) is 13.7. The number of carbonyl (C=O) groups excluding carboxylic acids is 1. The first-order chi connectivity index (χ1) is 10.7. The van der Waals surface area contributed by atoms with Gasteiger partial charge in [-0.25, -0.2) is 0 Å². The fraction of sp³-hybridized carbons (Fsp3) is 0.500. The maximum Gasteiger partial charge on any atom is 0.234 e. The summed E-state index contributed by atoms with van der Waals surface area (Å²) in [6.45, 7) is 5.04. The number of aromatic nitrogens is 2. The monoisotopic (exact) mass is 318 g/mol. The predicted octanol–water partition coefficient (Wildman–Crippen LogP) is 2.28. The molecule has 1 saturated heterocycles. The van der Waals surface area contributed by atoms with Gasteiger partial charge in [-0.15, -0.1) is 11.3 Å². The largest absolute Gasteiger partial charge is 0.350 e. The summed E-state index contributed by atoms with van der Waals surface area (Å²) < 4.78 is 0. The molecule has 1 aliphatic heterocycles. The van der Waals surface area contributed by atoms with E-state index < -0.39 is 0 Å². The lowest BCUT2D eigenvalue weighted by Crippen LogP contribution is -2.41. The maximum absolute atomic E-state index is 12.1. The molecule has 5 nitrogen and oxygen atoms in total. The van der Waals surface area contributed by atoms with Gasteiger partial charge in [-0.1, -0.05) is 6.07 Å². The van der Waals surface area contributed by atoms with Crippen molar-refractivity contribution in [2.45, 2.75) is 32.2 Å².